The first-order valence-electron chi connectivity index (χ1n) is 6.26. The van der Waals surface area contributed by atoms with Crippen molar-refractivity contribution in [3.63, 3.8) is 0 Å². The molecule has 1 aromatic carbocycles. The molecule has 0 aliphatic heterocycles. The Kier molecular flexibility index (Phi) is 6.82. The van der Waals surface area contributed by atoms with Gasteiger partial charge in [-0.3, -0.25) is 4.79 Å². The van der Waals surface area contributed by atoms with E-state index in [1.165, 1.54) is 20.3 Å². The molecule has 0 aromatic heterocycles. The third kappa shape index (κ3) is 6.02. The van der Waals surface area contributed by atoms with Crippen LogP contribution in [0.25, 0.3) is 0 Å². The van der Waals surface area contributed by atoms with Crippen LogP contribution in [0.5, 0.6) is 11.5 Å². The van der Waals surface area contributed by atoms with Crippen LogP contribution in [-0.4, -0.2) is 37.4 Å². The normalized spacial score (nSPS) is 12.6. The predicted octanol–water partition coefficient (Wildman–Crippen LogP) is 2.61. The molecule has 0 saturated carbocycles. The summed E-state index contributed by atoms with van der Waals surface area (Å²) < 4.78 is 46.2. The number of benzene rings is 1. The Bertz CT molecular complexity index is 512. The number of ether oxygens (including phenoxy) is 2. The predicted molar refractivity (Wildman–Crippen MR) is 79.3 cm³/mol. The van der Waals surface area contributed by atoms with Gasteiger partial charge in [0.15, 0.2) is 0 Å². The van der Waals surface area contributed by atoms with Crippen molar-refractivity contribution in [2.75, 3.05) is 25.3 Å². The van der Waals surface area contributed by atoms with E-state index in [0.29, 0.717) is 17.2 Å². The summed E-state index contributed by atoms with van der Waals surface area (Å²) in [5.41, 5.74) is 1.60. The highest BCUT2D eigenvalue weighted by Crippen LogP contribution is 2.31. The van der Waals surface area contributed by atoms with Crippen molar-refractivity contribution in [2.24, 2.45) is 5.73 Å². The summed E-state index contributed by atoms with van der Waals surface area (Å²) in [6, 6.07) is 3.73. The highest BCUT2D eigenvalue weighted by atomic mass is 32.2. The Morgan fingerprint density at radius 2 is 2.05 bits per heavy atom. The minimum absolute atomic E-state index is 0.0949. The van der Waals surface area contributed by atoms with Crippen LogP contribution in [0.15, 0.2) is 18.2 Å². The number of hydrogen-bond acceptors (Lipinski definition) is 5. The van der Waals surface area contributed by atoms with E-state index in [1.807, 2.05) is 0 Å². The number of anilines is 1. The summed E-state index contributed by atoms with van der Waals surface area (Å²) in [5.74, 6) is 0.0190. The number of carbonyl (C=O) groups is 1. The maximum Gasteiger partial charge on any atom is 0.441 e. The SMILES string of the molecule is COc1ccc(OC)c(NC(=O)[C@@H](N)CCSC(F)(F)F)c1. The molecule has 22 heavy (non-hydrogen) atoms. The summed E-state index contributed by atoms with van der Waals surface area (Å²) in [4.78, 5) is 11.9. The average molecular weight is 338 g/mol. The third-order valence-corrected chi connectivity index (χ3v) is 3.46. The monoisotopic (exact) mass is 338 g/mol. The molecule has 3 N–H and O–H groups in total. The summed E-state index contributed by atoms with van der Waals surface area (Å²) in [6.45, 7) is 0. The van der Waals surface area contributed by atoms with Gasteiger partial charge >= 0.3 is 5.51 Å². The van der Waals surface area contributed by atoms with E-state index in [-0.39, 0.29) is 23.9 Å². The number of methoxy groups -OCH3 is 2. The van der Waals surface area contributed by atoms with Gasteiger partial charge in [0.1, 0.15) is 11.5 Å². The van der Waals surface area contributed by atoms with E-state index >= 15 is 0 Å². The van der Waals surface area contributed by atoms with E-state index in [1.54, 1.807) is 12.1 Å². The molecular formula is C13H17F3N2O3S. The Morgan fingerprint density at radius 1 is 1.36 bits per heavy atom. The fraction of sp³-hybridized carbons (Fsp3) is 0.462. The summed E-state index contributed by atoms with van der Waals surface area (Å²) in [5, 5.41) is 2.52. The molecule has 0 aliphatic rings. The number of amides is 1. The van der Waals surface area contributed by atoms with Gasteiger partial charge in [0, 0.05) is 11.8 Å². The van der Waals surface area contributed by atoms with Crippen molar-refractivity contribution in [3.8, 4) is 11.5 Å². The maximum absolute atomic E-state index is 12.0. The lowest BCUT2D eigenvalue weighted by Crippen LogP contribution is -2.36. The molecule has 9 heteroatoms. The summed E-state index contributed by atoms with van der Waals surface area (Å²) in [6.07, 6.45) is -0.0949. The number of rotatable bonds is 7. The Labute approximate surface area is 130 Å². The van der Waals surface area contributed by atoms with E-state index in [2.05, 4.69) is 5.32 Å². The smallest absolute Gasteiger partial charge is 0.441 e. The van der Waals surface area contributed by atoms with Crippen molar-refractivity contribution in [1.29, 1.82) is 0 Å². The third-order valence-electron chi connectivity index (χ3n) is 2.70. The lowest BCUT2D eigenvalue weighted by Gasteiger charge is -2.15. The summed E-state index contributed by atoms with van der Waals surface area (Å²) >= 11 is -0.205. The highest BCUT2D eigenvalue weighted by Gasteiger charge is 2.28. The molecule has 0 spiro atoms. The number of hydrogen-bond donors (Lipinski definition) is 2. The lowest BCUT2D eigenvalue weighted by atomic mass is 10.2. The molecule has 0 aliphatic carbocycles. The first-order valence-corrected chi connectivity index (χ1v) is 7.24. The number of carbonyl (C=O) groups excluding carboxylic acids is 1. The molecule has 124 valence electrons. The van der Waals surface area contributed by atoms with Gasteiger partial charge in [-0.15, -0.1) is 0 Å². The maximum atomic E-state index is 12.0. The van der Waals surface area contributed by atoms with Crippen LogP contribution in [0.4, 0.5) is 18.9 Å². The van der Waals surface area contributed by atoms with Crippen LogP contribution in [-0.2, 0) is 4.79 Å². The minimum Gasteiger partial charge on any atom is -0.497 e. The first-order chi connectivity index (χ1) is 10.3. The molecule has 0 saturated heterocycles. The van der Waals surface area contributed by atoms with Crippen LogP contribution >= 0.6 is 11.8 Å². The number of thioether (sulfide) groups is 1. The fourth-order valence-electron chi connectivity index (χ4n) is 1.57. The largest absolute Gasteiger partial charge is 0.497 e. The molecule has 0 heterocycles. The molecule has 0 unspecified atom stereocenters. The molecule has 1 rings (SSSR count). The van der Waals surface area contributed by atoms with Gasteiger partial charge in [0.05, 0.1) is 25.9 Å². The van der Waals surface area contributed by atoms with Gasteiger partial charge < -0.3 is 20.5 Å². The molecule has 1 amide bonds. The molecular weight excluding hydrogens is 321 g/mol. The molecule has 0 bridgehead atoms. The van der Waals surface area contributed by atoms with Crippen LogP contribution in [0, 0.1) is 0 Å². The van der Waals surface area contributed by atoms with E-state index in [4.69, 9.17) is 15.2 Å². The quantitative estimate of drug-likeness (QED) is 0.799. The topological polar surface area (TPSA) is 73.6 Å². The second kappa shape index (κ2) is 8.14. The van der Waals surface area contributed by atoms with E-state index in [9.17, 15) is 18.0 Å². The Balaban J connectivity index is 2.63. The second-order valence-electron chi connectivity index (χ2n) is 4.24. The van der Waals surface area contributed by atoms with Crippen LogP contribution in [0.2, 0.25) is 0 Å². The van der Waals surface area contributed by atoms with Crippen LogP contribution in [0.3, 0.4) is 0 Å². The van der Waals surface area contributed by atoms with Gasteiger partial charge in [-0.05, 0) is 18.6 Å². The second-order valence-corrected chi connectivity index (χ2v) is 5.40. The van der Waals surface area contributed by atoms with E-state index in [0.717, 1.165) is 0 Å². The standard InChI is InChI=1S/C13H17F3N2O3S/c1-20-8-3-4-11(21-2)10(7-8)18-12(19)9(17)5-6-22-13(14,15)16/h3-4,7,9H,5-6,17H2,1-2H3,(H,18,19)/t9-/m0/s1. The van der Waals surface area contributed by atoms with Gasteiger partial charge in [-0.1, -0.05) is 11.8 Å². The van der Waals surface area contributed by atoms with E-state index < -0.39 is 17.5 Å². The Hall–Kier alpha value is -1.61. The summed E-state index contributed by atoms with van der Waals surface area (Å²) in [7, 11) is 2.89. The minimum atomic E-state index is -4.33. The zero-order valence-corrected chi connectivity index (χ0v) is 12.9. The van der Waals surface area contributed by atoms with Crippen LogP contribution < -0.4 is 20.5 Å². The molecule has 0 fully saturated rings. The van der Waals surface area contributed by atoms with Gasteiger partial charge in [-0.25, -0.2) is 0 Å². The van der Waals surface area contributed by atoms with Crippen molar-refractivity contribution >= 4 is 23.4 Å². The fourth-order valence-corrected chi connectivity index (χ4v) is 2.17. The zero-order valence-electron chi connectivity index (χ0n) is 12.1. The van der Waals surface area contributed by atoms with Crippen molar-refractivity contribution in [2.45, 2.75) is 18.0 Å². The van der Waals surface area contributed by atoms with Crippen LogP contribution in [0.1, 0.15) is 6.42 Å². The first kappa shape index (κ1) is 18.4. The van der Waals surface area contributed by atoms with Crippen molar-refractivity contribution < 1.29 is 27.4 Å². The molecule has 1 atom stereocenters. The van der Waals surface area contributed by atoms with Crippen molar-refractivity contribution in [3.05, 3.63) is 18.2 Å². The number of alkyl halides is 3. The number of halogens is 3. The highest BCUT2D eigenvalue weighted by molar-refractivity contribution is 8.00. The molecule has 1 aromatic rings. The van der Waals surface area contributed by atoms with Gasteiger partial charge in [-0.2, -0.15) is 13.2 Å². The molecule has 0 radical (unpaired) electrons. The lowest BCUT2D eigenvalue weighted by molar-refractivity contribution is -0.117. The average Bonchev–Trinajstić information content (AvgIpc) is 2.45. The number of nitrogens with one attached hydrogen (secondary N) is 1. The van der Waals surface area contributed by atoms with Gasteiger partial charge in [0.2, 0.25) is 5.91 Å². The van der Waals surface area contributed by atoms with Crippen molar-refractivity contribution in [1.82, 2.24) is 0 Å². The zero-order chi connectivity index (χ0) is 16.8. The number of nitrogens with two attached hydrogens (primary N) is 1. The molecule has 5 nitrogen and oxygen atoms in total. The Morgan fingerprint density at radius 3 is 2.59 bits per heavy atom. The van der Waals surface area contributed by atoms with Gasteiger partial charge in [0.25, 0.3) is 0 Å².